The molecule has 1 atom stereocenters. The van der Waals surface area contributed by atoms with E-state index >= 15 is 0 Å². The molecule has 4 rings (SSSR count). The van der Waals surface area contributed by atoms with Crippen molar-refractivity contribution >= 4 is 17.4 Å². The molecule has 2 aliphatic heterocycles. The number of anilines is 1. The molecule has 0 radical (unpaired) electrons. The highest BCUT2D eigenvalue weighted by molar-refractivity contribution is 6.16. The van der Waals surface area contributed by atoms with Crippen molar-refractivity contribution in [3.8, 4) is 11.5 Å². The minimum Gasteiger partial charge on any atom is -0.503 e. The smallest absolute Gasteiger partial charge is 0.294 e. The van der Waals surface area contributed by atoms with Gasteiger partial charge in [-0.2, -0.15) is 0 Å². The van der Waals surface area contributed by atoms with E-state index in [-0.39, 0.29) is 18.1 Å². The van der Waals surface area contributed by atoms with Gasteiger partial charge in [-0.25, -0.2) is 0 Å². The Labute approximate surface area is 143 Å². The second kappa shape index (κ2) is 5.66. The summed E-state index contributed by atoms with van der Waals surface area (Å²) >= 11 is 0. The Balaban J connectivity index is 1.87. The molecule has 0 bridgehead atoms. The zero-order chi connectivity index (χ0) is 17.6. The average Bonchev–Trinajstić information content (AvgIpc) is 3.18. The van der Waals surface area contributed by atoms with Crippen LogP contribution in [0.2, 0.25) is 0 Å². The number of nitrogens with zero attached hydrogens (tertiary/aromatic N) is 1. The molecule has 0 saturated carbocycles. The second-order valence-electron chi connectivity index (χ2n) is 5.84. The number of hydrogen-bond acceptors (Lipinski definition) is 5. The molecular weight excluding hydrogens is 322 g/mol. The first-order chi connectivity index (χ1) is 12.1. The number of ether oxygens (including phenoxy) is 2. The first-order valence-corrected chi connectivity index (χ1v) is 7.80. The molecule has 0 saturated heterocycles. The van der Waals surface area contributed by atoms with Crippen molar-refractivity contribution in [2.75, 3.05) is 11.7 Å². The highest BCUT2D eigenvalue weighted by atomic mass is 16.7. The Hall–Kier alpha value is -3.28. The molecule has 6 heteroatoms. The zero-order valence-corrected chi connectivity index (χ0v) is 13.4. The Morgan fingerprint density at radius 3 is 2.56 bits per heavy atom. The van der Waals surface area contributed by atoms with Crippen LogP contribution in [-0.4, -0.2) is 23.6 Å². The zero-order valence-electron chi connectivity index (χ0n) is 13.4. The van der Waals surface area contributed by atoms with Crippen molar-refractivity contribution in [1.29, 1.82) is 0 Å². The molecule has 126 valence electrons. The number of aliphatic hydroxyl groups excluding tert-OH is 1. The number of ketones is 1. The first-order valence-electron chi connectivity index (χ1n) is 7.80. The third-order valence-electron chi connectivity index (χ3n) is 4.33. The van der Waals surface area contributed by atoms with Gasteiger partial charge in [-0.05, 0) is 36.8 Å². The van der Waals surface area contributed by atoms with Gasteiger partial charge in [0.2, 0.25) is 6.79 Å². The number of para-hydroxylation sites is 1. The fourth-order valence-corrected chi connectivity index (χ4v) is 3.22. The number of fused-ring (bicyclic) bond motifs is 1. The maximum absolute atomic E-state index is 12.6. The average molecular weight is 337 g/mol. The van der Waals surface area contributed by atoms with Crippen molar-refractivity contribution in [3.05, 3.63) is 65.4 Å². The van der Waals surface area contributed by atoms with Crippen LogP contribution in [0.3, 0.4) is 0 Å². The molecule has 0 unspecified atom stereocenters. The third kappa shape index (κ3) is 2.34. The van der Waals surface area contributed by atoms with Crippen molar-refractivity contribution in [3.63, 3.8) is 0 Å². The van der Waals surface area contributed by atoms with Gasteiger partial charge < -0.3 is 14.6 Å². The van der Waals surface area contributed by atoms with Gasteiger partial charge in [0.05, 0.1) is 11.6 Å². The minimum atomic E-state index is -0.720. The quantitative estimate of drug-likeness (QED) is 0.932. The number of carbonyl (C=O) groups excluding carboxylic acids is 2. The molecule has 0 aromatic heterocycles. The van der Waals surface area contributed by atoms with Gasteiger partial charge in [0.15, 0.2) is 23.0 Å². The van der Waals surface area contributed by atoms with Crippen molar-refractivity contribution in [1.82, 2.24) is 0 Å². The number of aliphatic hydroxyl groups is 1. The number of benzene rings is 2. The number of hydrogen-bond donors (Lipinski definition) is 1. The van der Waals surface area contributed by atoms with Gasteiger partial charge in [-0.3, -0.25) is 14.5 Å². The molecule has 0 aliphatic carbocycles. The summed E-state index contributed by atoms with van der Waals surface area (Å²) in [5, 5.41) is 10.3. The summed E-state index contributed by atoms with van der Waals surface area (Å²) in [4.78, 5) is 26.2. The van der Waals surface area contributed by atoms with Crippen LogP contribution in [0.4, 0.5) is 5.69 Å². The molecule has 2 aliphatic rings. The lowest BCUT2D eigenvalue weighted by molar-refractivity contribution is -0.117. The van der Waals surface area contributed by atoms with Gasteiger partial charge in [-0.15, -0.1) is 0 Å². The van der Waals surface area contributed by atoms with Crippen LogP contribution in [0, 0.1) is 0 Å². The summed E-state index contributed by atoms with van der Waals surface area (Å²) in [6, 6.07) is 13.5. The maximum atomic E-state index is 12.6. The standard InChI is InChI=1S/C19H15NO5/c1-11(21)16-17(12-7-8-14-15(9-12)25-10-24-14)20(19(23)18(16)22)13-5-3-2-4-6-13/h2-9,17,22H,10H2,1H3/t17-/m0/s1. The van der Waals surface area contributed by atoms with Crippen LogP contribution in [0.25, 0.3) is 0 Å². The first kappa shape index (κ1) is 15.3. The minimum absolute atomic E-state index is 0.0766. The summed E-state index contributed by atoms with van der Waals surface area (Å²) < 4.78 is 10.7. The molecule has 2 aromatic carbocycles. The number of Topliss-reactive ketones (excluding diaryl/α,β-unsaturated/α-hetero) is 1. The lowest BCUT2D eigenvalue weighted by atomic mass is 9.96. The fraction of sp³-hybridized carbons (Fsp3) is 0.158. The molecule has 2 aromatic rings. The monoisotopic (exact) mass is 337 g/mol. The van der Waals surface area contributed by atoms with Crippen LogP contribution in [0.15, 0.2) is 59.9 Å². The molecule has 0 fully saturated rings. The lowest BCUT2D eigenvalue weighted by Crippen LogP contribution is -2.30. The molecule has 1 amide bonds. The van der Waals surface area contributed by atoms with E-state index in [4.69, 9.17) is 9.47 Å². The second-order valence-corrected chi connectivity index (χ2v) is 5.84. The van der Waals surface area contributed by atoms with Crippen LogP contribution in [-0.2, 0) is 9.59 Å². The van der Waals surface area contributed by atoms with Crippen LogP contribution in [0.1, 0.15) is 18.5 Å². The normalized spacial score (nSPS) is 18.8. The molecule has 1 N–H and O–H groups in total. The van der Waals surface area contributed by atoms with Crippen molar-refractivity contribution in [2.45, 2.75) is 13.0 Å². The highest BCUT2D eigenvalue weighted by Crippen LogP contribution is 2.43. The van der Waals surface area contributed by atoms with E-state index in [9.17, 15) is 14.7 Å². The van der Waals surface area contributed by atoms with Gasteiger partial charge >= 0.3 is 0 Å². The maximum Gasteiger partial charge on any atom is 0.294 e. The van der Waals surface area contributed by atoms with Crippen LogP contribution >= 0.6 is 0 Å². The Kier molecular flexibility index (Phi) is 3.46. The van der Waals surface area contributed by atoms with Crippen LogP contribution in [0.5, 0.6) is 11.5 Å². The SMILES string of the molecule is CC(=O)C1=C(O)C(=O)N(c2ccccc2)[C@H]1c1ccc2c(c1)OCO2. The van der Waals surface area contributed by atoms with E-state index < -0.39 is 17.7 Å². The van der Waals surface area contributed by atoms with E-state index in [2.05, 4.69) is 0 Å². The van der Waals surface area contributed by atoms with Gasteiger partial charge in [0, 0.05) is 5.69 Å². The largest absolute Gasteiger partial charge is 0.503 e. The highest BCUT2D eigenvalue weighted by Gasteiger charge is 2.43. The number of carbonyl (C=O) groups is 2. The van der Waals surface area contributed by atoms with Crippen molar-refractivity contribution in [2.24, 2.45) is 0 Å². The Morgan fingerprint density at radius 2 is 1.84 bits per heavy atom. The summed E-state index contributed by atoms with van der Waals surface area (Å²) in [6.07, 6.45) is 0. The van der Waals surface area contributed by atoms with E-state index in [1.807, 2.05) is 6.07 Å². The van der Waals surface area contributed by atoms with E-state index in [1.54, 1.807) is 42.5 Å². The Morgan fingerprint density at radius 1 is 1.12 bits per heavy atom. The molecular formula is C19H15NO5. The van der Waals surface area contributed by atoms with E-state index in [0.717, 1.165) is 0 Å². The third-order valence-corrected chi connectivity index (χ3v) is 4.33. The molecule has 2 heterocycles. The number of amides is 1. The summed E-state index contributed by atoms with van der Waals surface area (Å²) in [6.45, 7) is 1.47. The van der Waals surface area contributed by atoms with E-state index in [0.29, 0.717) is 22.7 Å². The molecule has 0 spiro atoms. The van der Waals surface area contributed by atoms with Gasteiger partial charge in [0.1, 0.15) is 0 Å². The predicted octanol–water partition coefficient (Wildman–Crippen LogP) is 2.90. The van der Waals surface area contributed by atoms with Gasteiger partial charge in [0.25, 0.3) is 5.91 Å². The molecule has 6 nitrogen and oxygen atoms in total. The van der Waals surface area contributed by atoms with Gasteiger partial charge in [-0.1, -0.05) is 24.3 Å². The lowest BCUT2D eigenvalue weighted by Gasteiger charge is -2.26. The topological polar surface area (TPSA) is 76.1 Å². The van der Waals surface area contributed by atoms with Crippen LogP contribution < -0.4 is 14.4 Å². The van der Waals surface area contributed by atoms with Crippen molar-refractivity contribution < 1.29 is 24.2 Å². The summed E-state index contributed by atoms with van der Waals surface area (Å²) in [5.41, 5.74) is 1.33. The number of rotatable bonds is 3. The predicted molar refractivity (Wildman–Crippen MR) is 89.6 cm³/mol. The summed E-state index contributed by atoms with van der Waals surface area (Å²) in [7, 11) is 0. The Bertz CT molecular complexity index is 903. The fourth-order valence-electron chi connectivity index (χ4n) is 3.22. The van der Waals surface area contributed by atoms with E-state index in [1.165, 1.54) is 11.8 Å². The summed E-state index contributed by atoms with van der Waals surface area (Å²) in [5.74, 6) is -0.311. The molecule has 25 heavy (non-hydrogen) atoms.